The summed E-state index contributed by atoms with van der Waals surface area (Å²) in [4.78, 5) is 18.7. The van der Waals surface area contributed by atoms with E-state index in [1.807, 2.05) is 31.3 Å². The summed E-state index contributed by atoms with van der Waals surface area (Å²) in [6.45, 7) is 7.72. The number of hydrogen-bond donors (Lipinski definition) is 1. The van der Waals surface area contributed by atoms with E-state index in [-0.39, 0.29) is 11.4 Å². The third kappa shape index (κ3) is 3.74. The minimum atomic E-state index is 0.109. The van der Waals surface area contributed by atoms with Gasteiger partial charge in [0.2, 0.25) is 5.91 Å². The van der Waals surface area contributed by atoms with Crippen molar-refractivity contribution in [2.75, 3.05) is 50.9 Å². The van der Waals surface area contributed by atoms with Gasteiger partial charge in [-0.25, -0.2) is 0 Å². The van der Waals surface area contributed by atoms with Crippen LogP contribution in [0.5, 0.6) is 0 Å². The molecule has 1 aliphatic rings. The van der Waals surface area contributed by atoms with E-state index in [9.17, 15) is 4.79 Å². The zero-order valence-corrected chi connectivity index (χ0v) is 13.5. The summed E-state index contributed by atoms with van der Waals surface area (Å²) in [6, 6.07) is 7.39. The molecule has 21 heavy (non-hydrogen) atoms. The van der Waals surface area contributed by atoms with Crippen LogP contribution in [0.2, 0.25) is 0 Å². The second-order valence-electron chi connectivity index (χ2n) is 6.49. The molecule has 1 heterocycles. The van der Waals surface area contributed by atoms with Gasteiger partial charge in [-0.1, -0.05) is 0 Å². The van der Waals surface area contributed by atoms with Crippen molar-refractivity contribution in [3.05, 3.63) is 24.3 Å². The van der Waals surface area contributed by atoms with Gasteiger partial charge in [0.25, 0.3) is 0 Å². The molecular weight excluding hydrogens is 264 g/mol. The maximum Gasteiger partial charge on any atom is 0.240 e. The van der Waals surface area contributed by atoms with Crippen molar-refractivity contribution in [1.29, 1.82) is 0 Å². The first-order chi connectivity index (χ1) is 9.79. The molecule has 116 valence electrons. The van der Waals surface area contributed by atoms with Crippen molar-refractivity contribution in [2.45, 2.75) is 19.4 Å². The van der Waals surface area contributed by atoms with Crippen LogP contribution < -0.4 is 10.6 Å². The first-order valence-electron chi connectivity index (χ1n) is 7.35. The largest absolute Gasteiger partial charge is 0.399 e. The fraction of sp³-hybridized carbons (Fsp3) is 0.562. The Kier molecular flexibility index (Phi) is 4.54. The molecule has 1 aromatic rings. The Balaban J connectivity index is 1.96. The van der Waals surface area contributed by atoms with Crippen LogP contribution in [0.1, 0.15) is 13.8 Å². The Morgan fingerprint density at radius 3 is 2.48 bits per heavy atom. The van der Waals surface area contributed by atoms with Crippen molar-refractivity contribution in [2.24, 2.45) is 0 Å². The zero-order chi connectivity index (χ0) is 15.6. The van der Waals surface area contributed by atoms with Gasteiger partial charge in [0.1, 0.15) is 0 Å². The van der Waals surface area contributed by atoms with E-state index in [1.165, 1.54) is 0 Å². The molecule has 0 aliphatic carbocycles. The number of hydrogen-bond acceptors (Lipinski definition) is 4. The number of carbonyl (C=O) groups is 1. The SMILES string of the molecule is CN(C(=O)CN1CCN(C)C(C)(C)C1)c1ccc(N)cc1. The zero-order valence-electron chi connectivity index (χ0n) is 13.5. The number of likely N-dealkylation sites (N-methyl/N-ethyl adjacent to an activating group) is 2. The quantitative estimate of drug-likeness (QED) is 0.852. The summed E-state index contributed by atoms with van der Waals surface area (Å²) in [7, 11) is 3.95. The van der Waals surface area contributed by atoms with E-state index in [4.69, 9.17) is 5.73 Å². The van der Waals surface area contributed by atoms with Crippen molar-refractivity contribution in [3.63, 3.8) is 0 Å². The first kappa shape index (κ1) is 15.8. The van der Waals surface area contributed by atoms with Gasteiger partial charge in [-0.05, 0) is 45.2 Å². The van der Waals surface area contributed by atoms with E-state index in [0.717, 1.165) is 25.3 Å². The molecule has 2 rings (SSSR count). The standard InChI is InChI=1S/C16H26N4O/c1-16(2)12-20(10-9-18(16)3)11-15(21)19(4)14-7-5-13(17)6-8-14/h5-8H,9-12,17H2,1-4H3. The molecule has 5 nitrogen and oxygen atoms in total. The van der Waals surface area contributed by atoms with E-state index >= 15 is 0 Å². The molecule has 1 aliphatic heterocycles. The molecule has 0 aromatic heterocycles. The number of nitrogen functional groups attached to an aromatic ring is 1. The van der Waals surface area contributed by atoms with Crippen LogP contribution in [-0.2, 0) is 4.79 Å². The normalized spacial score (nSPS) is 19.4. The highest BCUT2D eigenvalue weighted by Crippen LogP contribution is 2.19. The number of benzene rings is 1. The molecule has 5 heteroatoms. The summed E-state index contributed by atoms with van der Waals surface area (Å²) in [5, 5.41) is 0. The number of rotatable bonds is 3. The number of anilines is 2. The highest BCUT2D eigenvalue weighted by molar-refractivity contribution is 5.94. The van der Waals surface area contributed by atoms with Gasteiger partial charge < -0.3 is 10.6 Å². The third-order valence-electron chi connectivity index (χ3n) is 4.41. The maximum absolute atomic E-state index is 12.4. The Hall–Kier alpha value is -1.59. The van der Waals surface area contributed by atoms with E-state index in [0.29, 0.717) is 12.2 Å². The molecule has 1 saturated heterocycles. The Morgan fingerprint density at radius 2 is 1.90 bits per heavy atom. The fourth-order valence-electron chi connectivity index (χ4n) is 2.62. The molecule has 2 N–H and O–H groups in total. The second kappa shape index (κ2) is 6.03. The van der Waals surface area contributed by atoms with Crippen LogP contribution in [-0.4, -0.2) is 61.5 Å². The van der Waals surface area contributed by atoms with E-state index < -0.39 is 0 Å². The van der Waals surface area contributed by atoms with Crippen molar-refractivity contribution < 1.29 is 4.79 Å². The summed E-state index contributed by atoms with van der Waals surface area (Å²) in [6.07, 6.45) is 0. The number of piperazine rings is 1. The number of carbonyl (C=O) groups excluding carboxylic acids is 1. The van der Waals surface area contributed by atoms with E-state index in [1.54, 1.807) is 4.90 Å². The van der Waals surface area contributed by atoms with Crippen LogP contribution in [0.15, 0.2) is 24.3 Å². The number of nitrogens with two attached hydrogens (primary N) is 1. The summed E-state index contributed by atoms with van der Waals surface area (Å²) < 4.78 is 0. The van der Waals surface area contributed by atoms with Gasteiger partial charge in [0.05, 0.1) is 6.54 Å². The molecular formula is C16H26N4O. The predicted octanol–water partition coefficient (Wildman–Crippen LogP) is 1.26. The van der Waals surface area contributed by atoms with Crippen LogP contribution in [0.25, 0.3) is 0 Å². The molecule has 0 radical (unpaired) electrons. The monoisotopic (exact) mass is 290 g/mol. The number of nitrogens with zero attached hydrogens (tertiary/aromatic N) is 3. The van der Waals surface area contributed by atoms with Gasteiger partial charge in [-0.3, -0.25) is 14.6 Å². The maximum atomic E-state index is 12.4. The third-order valence-corrected chi connectivity index (χ3v) is 4.41. The molecule has 0 bridgehead atoms. The predicted molar refractivity (Wildman–Crippen MR) is 87.4 cm³/mol. The lowest BCUT2D eigenvalue weighted by atomic mass is 10.00. The summed E-state index contributed by atoms with van der Waals surface area (Å²) in [5.74, 6) is 0.111. The average molecular weight is 290 g/mol. The molecule has 1 aromatic carbocycles. The molecule has 0 atom stereocenters. The van der Waals surface area contributed by atoms with Gasteiger partial charge in [-0.2, -0.15) is 0 Å². The van der Waals surface area contributed by atoms with Crippen molar-refractivity contribution >= 4 is 17.3 Å². The molecule has 1 amide bonds. The Labute approximate surface area is 127 Å². The molecule has 0 saturated carbocycles. The summed E-state index contributed by atoms with van der Waals surface area (Å²) >= 11 is 0. The lowest BCUT2D eigenvalue weighted by molar-refractivity contribution is -0.120. The van der Waals surface area contributed by atoms with Crippen LogP contribution >= 0.6 is 0 Å². The highest BCUT2D eigenvalue weighted by Gasteiger charge is 2.32. The molecule has 1 fully saturated rings. The lowest BCUT2D eigenvalue weighted by Gasteiger charge is -2.45. The van der Waals surface area contributed by atoms with Crippen LogP contribution in [0.3, 0.4) is 0 Å². The van der Waals surface area contributed by atoms with Crippen LogP contribution in [0.4, 0.5) is 11.4 Å². The van der Waals surface area contributed by atoms with Gasteiger partial charge in [-0.15, -0.1) is 0 Å². The molecule has 0 spiro atoms. The van der Waals surface area contributed by atoms with Gasteiger partial charge >= 0.3 is 0 Å². The average Bonchev–Trinajstić information content (AvgIpc) is 2.42. The minimum absolute atomic E-state index is 0.109. The van der Waals surface area contributed by atoms with Crippen molar-refractivity contribution in [3.8, 4) is 0 Å². The lowest BCUT2D eigenvalue weighted by Crippen LogP contribution is -2.59. The van der Waals surface area contributed by atoms with Crippen molar-refractivity contribution in [1.82, 2.24) is 9.80 Å². The number of amides is 1. The molecule has 0 unspecified atom stereocenters. The minimum Gasteiger partial charge on any atom is -0.399 e. The topological polar surface area (TPSA) is 52.8 Å². The van der Waals surface area contributed by atoms with E-state index in [2.05, 4.69) is 30.7 Å². The second-order valence-corrected chi connectivity index (χ2v) is 6.49. The van der Waals surface area contributed by atoms with Gasteiger partial charge in [0.15, 0.2) is 0 Å². The van der Waals surface area contributed by atoms with Crippen LogP contribution in [0, 0.1) is 0 Å². The smallest absolute Gasteiger partial charge is 0.240 e. The fourth-order valence-corrected chi connectivity index (χ4v) is 2.62. The highest BCUT2D eigenvalue weighted by atomic mass is 16.2. The summed E-state index contributed by atoms with van der Waals surface area (Å²) in [5.41, 5.74) is 7.37. The Morgan fingerprint density at radius 1 is 1.29 bits per heavy atom. The Bertz CT molecular complexity index is 498. The first-order valence-corrected chi connectivity index (χ1v) is 7.35. The van der Waals surface area contributed by atoms with Gasteiger partial charge in [0, 0.05) is 43.6 Å².